The van der Waals surface area contributed by atoms with Crippen LogP contribution in [0.25, 0.3) is 0 Å². The molecule has 0 bridgehead atoms. The molecule has 0 heterocycles. The Morgan fingerprint density at radius 2 is 0.158 bits per heavy atom. The van der Waals surface area contributed by atoms with Crippen molar-refractivity contribution in [2.75, 3.05) is 0 Å². The van der Waals surface area contributed by atoms with Crippen molar-refractivity contribution in [2.45, 2.75) is 122 Å². The van der Waals surface area contributed by atoms with Gasteiger partial charge in [-0.1, -0.05) is 122 Å². The molecular formula is C19H38. The van der Waals surface area contributed by atoms with Gasteiger partial charge in [-0.2, -0.15) is 0 Å². The van der Waals surface area contributed by atoms with Gasteiger partial charge < -0.3 is 0 Å². The lowest BCUT2D eigenvalue weighted by atomic mass is 10.0. The van der Waals surface area contributed by atoms with E-state index in [1.807, 2.05) is 0 Å². The summed E-state index contributed by atoms with van der Waals surface area (Å²) in [7, 11) is 0. The second-order valence-corrected chi connectivity index (χ2v) is 6.72. The minimum absolute atomic E-state index is 1.50. The van der Waals surface area contributed by atoms with E-state index in [-0.39, 0.29) is 0 Å². The molecule has 0 saturated heterocycles. The summed E-state index contributed by atoms with van der Waals surface area (Å²) < 4.78 is 0. The molecule has 0 unspecified atom stereocenters. The number of hydrogen-bond acceptors (Lipinski definition) is 0. The van der Waals surface area contributed by atoms with Gasteiger partial charge in [0.1, 0.15) is 0 Å². The van der Waals surface area contributed by atoms with Gasteiger partial charge >= 0.3 is 0 Å². The van der Waals surface area contributed by atoms with Crippen LogP contribution in [0.1, 0.15) is 122 Å². The summed E-state index contributed by atoms with van der Waals surface area (Å²) >= 11 is 0. The molecule has 0 heteroatoms. The van der Waals surface area contributed by atoms with E-state index >= 15 is 0 Å². The zero-order valence-electron chi connectivity index (χ0n) is 13.4. The zero-order valence-corrected chi connectivity index (χ0v) is 13.4. The fourth-order valence-electron chi connectivity index (χ4n) is 3.36. The van der Waals surface area contributed by atoms with Crippen LogP contribution in [0.5, 0.6) is 0 Å². The molecule has 1 aliphatic rings. The highest BCUT2D eigenvalue weighted by Gasteiger charge is 1.96. The summed E-state index contributed by atoms with van der Waals surface area (Å²) in [5.74, 6) is 0. The van der Waals surface area contributed by atoms with E-state index in [4.69, 9.17) is 0 Å². The lowest BCUT2D eigenvalue weighted by Gasteiger charge is -2.03. The van der Waals surface area contributed by atoms with Crippen molar-refractivity contribution in [2.24, 2.45) is 0 Å². The number of rotatable bonds is 0. The Balaban J connectivity index is 2.01. The van der Waals surface area contributed by atoms with Crippen LogP contribution >= 0.6 is 0 Å². The van der Waals surface area contributed by atoms with E-state index < -0.39 is 0 Å². The largest absolute Gasteiger partial charge is 0.0533 e. The van der Waals surface area contributed by atoms with Crippen molar-refractivity contribution in [3.8, 4) is 0 Å². The van der Waals surface area contributed by atoms with E-state index in [2.05, 4.69) is 0 Å². The molecule has 0 amide bonds. The SMILES string of the molecule is C1CCCCCCCCCCCCCCCCCC1. The van der Waals surface area contributed by atoms with Gasteiger partial charge in [0.15, 0.2) is 0 Å². The van der Waals surface area contributed by atoms with Crippen molar-refractivity contribution >= 4 is 0 Å². The first-order chi connectivity index (χ1) is 9.50. The topological polar surface area (TPSA) is 0 Å². The third-order valence-corrected chi connectivity index (χ3v) is 4.75. The summed E-state index contributed by atoms with van der Waals surface area (Å²) in [4.78, 5) is 0. The molecule has 0 N–H and O–H groups in total. The molecular weight excluding hydrogens is 228 g/mol. The van der Waals surface area contributed by atoms with Gasteiger partial charge in [0.2, 0.25) is 0 Å². The van der Waals surface area contributed by atoms with Crippen LogP contribution in [-0.4, -0.2) is 0 Å². The van der Waals surface area contributed by atoms with Crippen LogP contribution in [0.15, 0.2) is 0 Å². The van der Waals surface area contributed by atoms with E-state index in [9.17, 15) is 0 Å². The standard InChI is InChI=1S/C19H38/c1-2-4-6-8-10-12-14-16-18-19-17-15-13-11-9-7-5-3-1/h1-19H2. The Morgan fingerprint density at radius 1 is 0.105 bits per heavy atom. The van der Waals surface area contributed by atoms with Crippen LogP contribution < -0.4 is 0 Å². The van der Waals surface area contributed by atoms with Crippen LogP contribution in [-0.2, 0) is 0 Å². The maximum Gasteiger partial charge on any atom is -0.0533 e. The minimum atomic E-state index is 1.50. The van der Waals surface area contributed by atoms with Crippen molar-refractivity contribution in [3.05, 3.63) is 0 Å². The van der Waals surface area contributed by atoms with Crippen molar-refractivity contribution in [1.82, 2.24) is 0 Å². The van der Waals surface area contributed by atoms with Gasteiger partial charge in [-0.25, -0.2) is 0 Å². The quantitative estimate of drug-likeness (QED) is 0.428. The lowest BCUT2D eigenvalue weighted by Crippen LogP contribution is -1.83. The molecule has 0 spiro atoms. The van der Waals surface area contributed by atoms with Crippen LogP contribution in [0.3, 0.4) is 0 Å². The second-order valence-electron chi connectivity index (χ2n) is 6.72. The van der Waals surface area contributed by atoms with Gasteiger partial charge in [-0.05, 0) is 0 Å². The summed E-state index contributed by atoms with van der Waals surface area (Å²) in [5.41, 5.74) is 0. The van der Waals surface area contributed by atoms with E-state index in [0.29, 0.717) is 0 Å². The summed E-state index contributed by atoms with van der Waals surface area (Å²) in [5, 5.41) is 0. The van der Waals surface area contributed by atoms with Gasteiger partial charge in [-0.3, -0.25) is 0 Å². The first-order valence-corrected chi connectivity index (χ1v) is 9.50. The van der Waals surface area contributed by atoms with E-state index in [1.165, 1.54) is 122 Å². The normalized spacial score (nSPS) is 24.0. The average Bonchev–Trinajstić information content (AvgIpc) is 2.43. The molecule has 19 heavy (non-hydrogen) atoms. The summed E-state index contributed by atoms with van der Waals surface area (Å²) in [6, 6.07) is 0. The molecule has 0 aliphatic heterocycles. The maximum absolute atomic E-state index is 1.50. The molecule has 0 nitrogen and oxygen atoms in total. The maximum atomic E-state index is 1.50. The van der Waals surface area contributed by atoms with E-state index in [1.54, 1.807) is 0 Å². The third-order valence-electron chi connectivity index (χ3n) is 4.75. The van der Waals surface area contributed by atoms with E-state index in [0.717, 1.165) is 0 Å². The molecule has 0 atom stereocenters. The minimum Gasteiger partial charge on any atom is -0.0533 e. The predicted molar refractivity (Wildman–Crippen MR) is 87.7 cm³/mol. The highest BCUT2D eigenvalue weighted by atomic mass is 14.0. The fraction of sp³-hybridized carbons (Fsp3) is 1.00. The molecule has 0 aromatic rings. The number of hydrogen-bond donors (Lipinski definition) is 0. The van der Waals surface area contributed by atoms with Crippen LogP contribution in [0, 0.1) is 0 Å². The van der Waals surface area contributed by atoms with Crippen LogP contribution in [0.2, 0.25) is 0 Å². The average molecular weight is 267 g/mol. The van der Waals surface area contributed by atoms with Crippen LogP contribution in [0.4, 0.5) is 0 Å². The monoisotopic (exact) mass is 266 g/mol. The summed E-state index contributed by atoms with van der Waals surface area (Å²) in [6.07, 6.45) is 28.5. The Bertz CT molecular complexity index is 80.7. The molecule has 1 rings (SSSR count). The van der Waals surface area contributed by atoms with Gasteiger partial charge in [0.25, 0.3) is 0 Å². The fourth-order valence-corrected chi connectivity index (χ4v) is 3.36. The highest BCUT2D eigenvalue weighted by Crippen LogP contribution is 2.16. The lowest BCUT2D eigenvalue weighted by molar-refractivity contribution is 0.531. The van der Waals surface area contributed by atoms with Gasteiger partial charge in [0, 0.05) is 0 Å². The predicted octanol–water partition coefficient (Wildman–Crippen LogP) is 7.41. The molecule has 1 aliphatic carbocycles. The first kappa shape index (κ1) is 17.1. The summed E-state index contributed by atoms with van der Waals surface area (Å²) in [6.45, 7) is 0. The van der Waals surface area contributed by atoms with Crippen molar-refractivity contribution < 1.29 is 0 Å². The third kappa shape index (κ3) is 12.8. The molecule has 114 valence electrons. The van der Waals surface area contributed by atoms with Gasteiger partial charge in [-0.15, -0.1) is 0 Å². The molecule has 0 aromatic carbocycles. The Hall–Kier alpha value is 0. The van der Waals surface area contributed by atoms with Gasteiger partial charge in [0.05, 0.1) is 0 Å². The van der Waals surface area contributed by atoms with Crippen molar-refractivity contribution in [3.63, 3.8) is 0 Å². The Morgan fingerprint density at radius 3 is 0.211 bits per heavy atom. The zero-order chi connectivity index (χ0) is 13.4. The molecule has 1 fully saturated rings. The highest BCUT2D eigenvalue weighted by molar-refractivity contribution is 4.52. The molecule has 0 radical (unpaired) electrons. The smallest absolute Gasteiger partial charge is 0.0533 e. The Kier molecular flexibility index (Phi) is 12.9. The molecule has 0 aromatic heterocycles. The Labute approximate surface area is 122 Å². The second kappa shape index (κ2) is 14.4. The molecule has 1 saturated carbocycles. The first-order valence-electron chi connectivity index (χ1n) is 9.50. The van der Waals surface area contributed by atoms with Crippen molar-refractivity contribution in [1.29, 1.82) is 0 Å².